The van der Waals surface area contributed by atoms with Gasteiger partial charge in [0, 0.05) is 10.9 Å². The van der Waals surface area contributed by atoms with Crippen LogP contribution in [0.3, 0.4) is 0 Å². The van der Waals surface area contributed by atoms with Gasteiger partial charge in [0.15, 0.2) is 11.5 Å². The molecule has 0 bridgehead atoms. The summed E-state index contributed by atoms with van der Waals surface area (Å²) in [7, 11) is 1.57. The smallest absolute Gasteiger partial charge is 0.343 e. The van der Waals surface area contributed by atoms with Crippen molar-refractivity contribution in [1.82, 2.24) is 4.98 Å². The molecule has 0 saturated carbocycles. The summed E-state index contributed by atoms with van der Waals surface area (Å²) in [6.45, 7) is 2.35. The van der Waals surface area contributed by atoms with Crippen LogP contribution < -0.4 is 9.47 Å². The molecule has 0 aliphatic heterocycles. The average molecular weight is 422 g/mol. The zero-order chi connectivity index (χ0) is 20.1. The summed E-state index contributed by atoms with van der Waals surface area (Å²) >= 11 is 7.27. The maximum atomic E-state index is 13.8. The summed E-state index contributed by atoms with van der Waals surface area (Å²) in [4.78, 5) is 16.6. The van der Waals surface area contributed by atoms with Crippen LogP contribution in [0, 0.1) is 5.82 Å². The van der Waals surface area contributed by atoms with Gasteiger partial charge in [0.1, 0.15) is 23.0 Å². The predicted octanol–water partition coefficient (Wildman–Crippen LogP) is 5.37. The Morgan fingerprint density at radius 2 is 2.07 bits per heavy atom. The van der Waals surface area contributed by atoms with E-state index in [4.69, 9.17) is 25.8 Å². The lowest BCUT2D eigenvalue weighted by Crippen LogP contribution is -2.08. The van der Waals surface area contributed by atoms with E-state index in [9.17, 15) is 9.18 Å². The maximum Gasteiger partial charge on any atom is 0.343 e. The Labute approximate surface area is 170 Å². The van der Waals surface area contributed by atoms with Crippen molar-refractivity contribution in [3.63, 3.8) is 0 Å². The SMILES string of the molecule is CCOc1ccc(-c2nc(COC(=O)c3c(F)cccc3Cl)cs2)cc1OC. The first kappa shape index (κ1) is 20.1. The quantitative estimate of drug-likeness (QED) is 0.480. The minimum Gasteiger partial charge on any atom is -0.493 e. The third-order valence-electron chi connectivity index (χ3n) is 3.78. The molecule has 0 radical (unpaired) electrons. The zero-order valence-corrected chi connectivity index (χ0v) is 16.8. The van der Waals surface area contributed by atoms with Crippen molar-refractivity contribution in [2.75, 3.05) is 13.7 Å². The van der Waals surface area contributed by atoms with Gasteiger partial charge in [-0.25, -0.2) is 14.2 Å². The molecular weight excluding hydrogens is 405 g/mol. The fraction of sp³-hybridized carbons (Fsp3) is 0.200. The molecule has 0 amide bonds. The number of hydrogen-bond donors (Lipinski definition) is 0. The Morgan fingerprint density at radius 1 is 1.25 bits per heavy atom. The molecule has 8 heteroatoms. The first-order valence-corrected chi connectivity index (χ1v) is 9.66. The average Bonchev–Trinajstić information content (AvgIpc) is 3.16. The lowest BCUT2D eigenvalue weighted by Gasteiger charge is -2.10. The molecule has 0 aliphatic rings. The van der Waals surface area contributed by atoms with Gasteiger partial charge in [-0.2, -0.15) is 0 Å². The summed E-state index contributed by atoms with van der Waals surface area (Å²) in [5.74, 6) is -0.295. The van der Waals surface area contributed by atoms with Crippen LogP contribution in [-0.4, -0.2) is 24.7 Å². The topological polar surface area (TPSA) is 57.7 Å². The van der Waals surface area contributed by atoms with E-state index < -0.39 is 11.8 Å². The molecule has 146 valence electrons. The third kappa shape index (κ3) is 4.43. The molecule has 3 rings (SSSR count). The summed E-state index contributed by atoms with van der Waals surface area (Å²) in [5.41, 5.74) is 1.12. The van der Waals surface area contributed by atoms with Crippen molar-refractivity contribution in [1.29, 1.82) is 0 Å². The van der Waals surface area contributed by atoms with Gasteiger partial charge in [-0.15, -0.1) is 11.3 Å². The van der Waals surface area contributed by atoms with Gasteiger partial charge in [-0.1, -0.05) is 17.7 Å². The fourth-order valence-corrected chi connectivity index (χ4v) is 3.53. The first-order valence-electron chi connectivity index (χ1n) is 8.40. The highest BCUT2D eigenvalue weighted by Gasteiger charge is 2.18. The second kappa shape index (κ2) is 9.03. The highest BCUT2D eigenvalue weighted by atomic mass is 35.5. The lowest BCUT2D eigenvalue weighted by molar-refractivity contribution is 0.0463. The molecule has 0 fully saturated rings. The number of carbonyl (C=O) groups excluding carboxylic acids is 1. The Hall–Kier alpha value is -2.64. The molecule has 28 heavy (non-hydrogen) atoms. The molecule has 5 nitrogen and oxygen atoms in total. The largest absolute Gasteiger partial charge is 0.493 e. The van der Waals surface area contributed by atoms with Gasteiger partial charge in [0.05, 0.1) is 24.4 Å². The Balaban J connectivity index is 1.72. The third-order valence-corrected chi connectivity index (χ3v) is 5.04. The number of carbonyl (C=O) groups is 1. The van der Waals surface area contributed by atoms with Crippen LogP contribution in [0.2, 0.25) is 5.02 Å². The number of benzene rings is 2. The number of aromatic nitrogens is 1. The van der Waals surface area contributed by atoms with Crippen LogP contribution in [0.5, 0.6) is 11.5 Å². The highest BCUT2D eigenvalue weighted by Crippen LogP contribution is 2.34. The van der Waals surface area contributed by atoms with Crippen molar-refractivity contribution in [3.8, 4) is 22.1 Å². The molecule has 1 aromatic heterocycles. The van der Waals surface area contributed by atoms with E-state index in [-0.39, 0.29) is 17.2 Å². The summed E-state index contributed by atoms with van der Waals surface area (Å²) in [5, 5.41) is 2.51. The zero-order valence-electron chi connectivity index (χ0n) is 15.2. The molecule has 0 aliphatic carbocycles. The van der Waals surface area contributed by atoms with E-state index in [0.717, 1.165) is 16.6 Å². The van der Waals surface area contributed by atoms with Crippen LogP contribution in [0.15, 0.2) is 41.8 Å². The molecule has 0 N–H and O–H groups in total. The number of ether oxygens (including phenoxy) is 3. The first-order chi connectivity index (χ1) is 13.5. The highest BCUT2D eigenvalue weighted by molar-refractivity contribution is 7.13. The molecule has 3 aromatic rings. The minimum atomic E-state index is -0.833. The van der Waals surface area contributed by atoms with Crippen LogP contribution in [0.1, 0.15) is 23.0 Å². The lowest BCUT2D eigenvalue weighted by atomic mass is 10.2. The maximum absolute atomic E-state index is 13.8. The van der Waals surface area contributed by atoms with Crippen LogP contribution in [-0.2, 0) is 11.3 Å². The second-order valence-corrected chi connectivity index (χ2v) is 6.88. The predicted molar refractivity (Wildman–Crippen MR) is 106 cm³/mol. The second-order valence-electron chi connectivity index (χ2n) is 5.62. The molecule has 0 unspecified atom stereocenters. The number of halogens is 2. The number of esters is 1. The van der Waals surface area contributed by atoms with E-state index >= 15 is 0 Å². The van der Waals surface area contributed by atoms with Gasteiger partial charge in [0.25, 0.3) is 0 Å². The standard InChI is InChI=1S/C20H17ClFNO4S/c1-3-26-16-8-7-12(9-17(16)25-2)19-23-13(11-28-19)10-27-20(24)18-14(21)5-4-6-15(18)22/h4-9,11H,3,10H2,1-2H3. The normalized spacial score (nSPS) is 10.6. The summed E-state index contributed by atoms with van der Waals surface area (Å²) in [6.07, 6.45) is 0. The van der Waals surface area contributed by atoms with Gasteiger partial charge >= 0.3 is 5.97 Å². The van der Waals surface area contributed by atoms with E-state index in [1.54, 1.807) is 12.5 Å². The van der Waals surface area contributed by atoms with Gasteiger partial charge in [-0.05, 0) is 37.3 Å². The van der Waals surface area contributed by atoms with Gasteiger partial charge in [-0.3, -0.25) is 0 Å². The van der Waals surface area contributed by atoms with Crippen LogP contribution in [0.25, 0.3) is 10.6 Å². The summed E-state index contributed by atoms with van der Waals surface area (Å²) in [6, 6.07) is 9.54. The summed E-state index contributed by atoms with van der Waals surface area (Å²) < 4.78 is 29.8. The Bertz CT molecular complexity index is 972. The van der Waals surface area contributed by atoms with Crippen LogP contribution >= 0.6 is 22.9 Å². The van der Waals surface area contributed by atoms with Crippen molar-refractivity contribution < 1.29 is 23.4 Å². The fourth-order valence-electron chi connectivity index (χ4n) is 2.49. The molecule has 1 heterocycles. The van der Waals surface area contributed by atoms with Crippen molar-refractivity contribution in [2.45, 2.75) is 13.5 Å². The molecular formula is C20H17ClFNO4S. The van der Waals surface area contributed by atoms with E-state index in [0.29, 0.717) is 23.8 Å². The number of methoxy groups -OCH3 is 1. The van der Waals surface area contributed by atoms with Crippen molar-refractivity contribution in [3.05, 3.63) is 63.9 Å². The van der Waals surface area contributed by atoms with E-state index in [1.165, 1.54) is 23.5 Å². The molecule has 0 saturated heterocycles. The van der Waals surface area contributed by atoms with Crippen molar-refractivity contribution in [2.24, 2.45) is 0 Å². The Kier molecular flexibility index (Phi) is 6.49. The molecule has 0 atom stereocenters. The number of thiazole rings is 1. The molecule has 0 spiro atoms. The number of hydrogen-bond acceptors (Lipinski definition) is 6. The number of rotatable bonds is 7. The van der Waals surface area contributed by atoms with Gasteiger partial charge in [0.2, 0.25) is 0 Å². The monoisotopic (exact) mass is 421 g/mol. The van der Waals surface area contributed by atoms with Gasteiger partial charge < -0.3 is 14.2 Å². The molecule has 2 aromatic carbocycles. The van der Waals surface area contributed by atoms with E-state index in [1.807, 2.05) is 25.1 Å². The minimum absolute atomic E-state index is 0.00505. The van der Waals surface area contributed by atoms with Crippen molar-refractivity contribution >= 4 is 28.9 Å². The Morgan fingerprint density at radius 3 is 2.79 bits per heavy atom. The number of nitrogens with zero attached hydrogens (tertiary/aromatic N) is 1. The van der Waals surface area contributed by atoms with E-state index in [2.05, 4.69) is 4.98 Å². The van der Waals surface area contributed by atoms with Crippen LogP contribution in [0.4, 0.5) is 4.39 Å².